The maximum absolute atomic E-state index is 14.4. The molecule has 1 saturated heterocycles. The van der Waals surface area contributed by atoms with Crippen molar-refractivity contribution in [1.82, 2.24) is 4.57 Å². The molecule has 2 unspecified atom stereocenters. The van der Waals surface area contributed by atoms with Gasteiger partial charge in [-0.3, -0.25) is 9.59 Å². The third kappa shape index (κ3) is 2.99. The Morgan fingerprint density at radius 3 is 2.82 bits per heavy atom. The minimum absolute atomic E-state index is 0.0773. The van der Waals surface area contributed by atoms with Crippen LogP contribution in [0.15, 0.2) is 46.6 Å². The molecule has 5 rings (SSSR count). The number of hydrogen-bond donors (Lipinski definition) is 1. The monoisotopic (exact) mass is 462 g/mol. The average molecular weight is 463 g/mol. The van der Waals surface area contributed by atoms with Crippen LogP contribution in [0.4, 0.5) is 5.69 Å². The van der Waals surface area contributed by atoms with Crippen molar-refractivity contribution in [3.05, 3.63) is 69.0 Å². The van der Waals surface area contributed by atoms with Crippen LogP contribution < -0.4 is 20.9 Å². The molecule has 0 aliphatic carbocycles. The maximum Gasteiger partial charge on any atom is 0.259 e. The molecular weight excluding hydrogens is 436 g/mol. The molecule has 3 aliphatic heterocycles. The van der Waals surface area contributed by atoms with Crippen LogP contribution in [0.25, 0.3) is 0 Å². The first-order valence-corrected chi connectivity index (χ1v) is 11.3. The van der Waals surface area contributed by atoms with Gasteiger partial charge in [-0.1, -0.05) is 18.2 Å². The molecule has 3 aliphatic rings. The van der Waals surface area contributed by atoms with Crippen molar-refractivity contribution in [2.75, 3.05) is 31.8 Å². The zero-order valence-electron chi connectivity index (χ0n) is 19.2. The lowest BCUT2D eigenvalue weighted by Gasteiger charge is -2.34. The molecular formula is C25H26N4O5. The summed E-state index contributed by atoms with van der Waals surface area (Å²) in [6.07, 6.45) is 1.65. The highest BCUT2D eigenvalue weighted by Crippen LogP contribution is 2.54. The Morgan fingerprint density at radius 1 is 1.32 bits per heavy atom. The van der Waals surface area contributed by atoms with Gasteiger partial charge in [-0.05, 0) is 25.8 Å². The van der Waals surface area contributed by atoms with Crippen molar-refractivity contribution < 1.29 is 19.0 Å². The van der Waals surface area contributed by atoms with Crippen molar-refractivity contribution in [3.8, 4) is 11.8 Å². The molecule has 9 heteroatoms. The quantitative estimate of drug-likeness (QED) is 0.718. The highest BCUT2D eigenvalue weighted by Gasteiger charge is 2.61. The predicted octanol–water partition coefficient (Wildman–Crippen LogP) is 1.70. The minimum Gasteiger partial charge on any atom is -0.440 e. The number of nitriles is 1. The van der Waals surface area contributed by atoms with Gasteiger partial charge in [-0.2, -0.15) is 5.26 Å². The number of benzene rings is 1. The van der Waals surface area contributed by atoms with Crippen LogP contribution in [-0.2, 0) is 26.2 Å². The van der Waals surface area contributed by atoms with E-state index < -0.39 is 16.9 Å². The van der Waals surface area contributed by atoms with Gasteiger partial charge in [0.1, 0.15) is 17.4 Å². The van der Waals surface area contributed by atoms with E-state index in [1.165, 1.54) is 0 Å². The van der Waals surface area contributed by atoms with Crippen LogP contribution in [0.1, 0.15) is 29.7 Å². The van der Waals surface area contributed by atoms with Gasteiger partial charge in [-0.25, -0.2) is 0 Å². The predicted molar refractivity (Wildman–Crippen MR) is 123 cm³/mol. The molecule has 2 N–H and O–H groups in total. The number of amides is 1. The summed E-state index contributed by atoms with van der Waals surface area (Å²) < 4.78 is 18.3. The summed E-state index contributed by atoms with van der Waals surface area (Å²) in [5.74, 6) is -0.382. The van der Waals surface area contributed by atoms with Crippen LogP contribution in [0.5, 0.6) is 5.75 Å². The number of carbonyl (C=O) groups excluding carboxylic acids is 1. The standard InChI is InChI=1S/C25H26N4O5/c1-15-12-20-21(23(30)28(15)9-11-32-2)25(18(13-26)22(27)34-20)17-7-3-4-8-19(17)29(24(25)31)14-16-6-5-10-33-16/h3-4,7-8,12,16H,5-6,9-11,14,27H2,1-2H3. The van der Waals surface area contributed by atoms with E-state index in [-0.39, 0.29) is 28.9 Å². The third-order valence-corrected chi connectivity index (χ3v) is 6.89. The Balaban J connectivity index is 1.80. The third-order valence-electron chi connectivity index (χ3n) is 6.89. The smallest absolute Gasteiger partial charge is 0.259 e. The molecule has 4 heterocycles. The van der Waals surface area contributed by atoms with Gasteiger partial charge in [0.15, 0.2) is 5.41 Å². The molecule has 176 valence electrons. The van der Waals surface area contributed by atoms with E-state index in [0.29, 0.717) is 43.2 Å². The number of nitrogens with zero attached hydrogens (tertiary/aromatic N) is 3. The van der Waals surface area contributed by atoms with Gasteiger partial charge in [0.05, 0.1) is 24.8 Å². The van der Waals surface area contributed by atoms with Gasteiger partial charge in [0, 0.05) is 43.3 Å². The number of hydrogen-bond acceptors (Lipinski definition) is 7. The number of methoxy groups -OCH3 is 1. The van der Waals surface area contributed by atoms with Crippen LogP contribution in [0.2, 0.25) is 0 Å². The molecule has 9 nitrogen and oxygen atoms in total. The van der Waals surface area contributed by atoms with Crippen molar-refractivity contribution >= 4 is 11.6 Å². The summed E-state index contributed by atoms with van der Waals surface area (Å²) >= 11 is 0. The average Bonchev–Trinajstić information content (AvgIpc) is 3.41. The summed E-state index contributed by atoms with van der Waals surface area (Å²) in [6, 6.07) is 11.0. The molecule has 1 aromatic heterocycles. The number of nitrogens with two attached hydrogens (primary N) is 1. The van der Waals surface area contributed by atoms with E-state index in [9.17, 15) is 14.9 Å². The second-order valence-electron chi connectivity index (χ2n) is 8.75. The van der Waals surface area contributed by atoms with Crippen molar-refractivity contribution in [2.45, 2.75) is 37.8 Å². The molecule has 2 atom stereocenters. The summed E-state index contributed by atoms with van der Waals surface area (Å²) in [6.45, 7) is 3.36. The lowest BCUT2D eigenvalue weighted by molar-refractivity contribution is -0.121. The van der Waals surface area contributed by atoms with Crippen molar-refractivity contribution in [3.63, 3.8) is 0 Å². The summed E-state index contributed by atoms with van der Waals surface area (Å²) in [7, 11) is 1.56. The number of rotatable bonds is 5. The van der Waals surface area contributed by atoms with E-state index in [1.54, 1.807) is 41.7 Å². The summed E-state index contributed by atoms with van der Waals surface area (Å²) in [5, 5.41) is 10.2. The molecule has 34 heavy (non-hydrogen) atoms. The Morgan fingerprint density at radius 2 is 2.12 bits per heavy atom. The number of pyridine rings is 1. The molecule has 0 bridgehead atoms. The number of anilines is 1. The van der Waals surface area contributed by atoms with Crippen molar-refractivity contribution in [2.24, 2.45) is 5.73 Å². The molecule has 0 saturated carbocycles. The van der Waals surface area contributed by atoms with Gasteiger partial charge in [0.25, 0.3) is 5.56 Å². The fourth-order valence-electron chi connectivity index (χ4n) is 5.35. The number of aromatic nitrogens is 1. The first-order valence-electron chi connectivity index (χ1n) is 11.3. The molecule has 2 aromatic rings. The van der Waals surface area contributed by atoms with Crippen molar-refractivity contribution in [1.29, 1.82) is 5.26 Å². The fraction of sp³-hybridized carbons (Fsp3) is 0.400. The summed E-state index contributed by atoms with van der Waals surface area (Å²) in [5.41, 5.74) is 5.96. The lowest BCUT2D eigenvalue weighted by atomic mass is 9.69. The van der Waals surface area contributed by atoms with Crippen LogP contribution in [0, 0.1) is 18.3 Å². The number of carbonyl (C=O) groups is 1. The normalized spacial score (nSPS) is 23.1. The van der Waals surface area contributed by atoms with Gasteiger partial charge >= 0.3 is 0 Å². The van der Waals surface area contributed by atoms with Gasteiger partial charge < -0.3 is 29.4 Å². The number of aryl methyl sites for hydroxylation is 1. The van der Waals surface area contributed by atoms with E-state index in [2.05, 4.69) is 6.07 Å². The summed E-state index contributed by atoms with van der Waals surface area (Å²) in [4.78, 5) is 29.9. The molecule has 1 amide bonds. The number of ether oxygens (including phenoxy) is 3. The highest BCUT2D eigenvalue weighted by molar-refractivity contribution is 6.14. The van der Waals surface area contributed by atoms with Crippen LogP contribution >= 0.6 is 0 Å². The Kier molecular flexibility index (Phi) is 5.42. The first kappa shape index (κ1) is 22.2. The second kappa shape index (κ2) is 8.31. The molecule has 0 radical (unpaired) electrons. The van der Waals surface area contributed by atoms with E-state index in [1.807, 2.05) is 12.1 Å². The second-order valence-corrected chi connectivity index (χ2v) is 8.75. The largest absolute Gasteiger partial charge is 0.440 e. The maximum atomic E-state index is 14.4. The van der Waals surface area contributed by atoms with Gasteiger partial charge in [-0.15, -0.1) is 0 Å². The zero-order chi connectivity index (χ0) is 24.0. The molecule has 1 spiro atoms. The Bertz CT molecular complexity index is 1300. The van der Waals surface area contributed by atoms with Crippen LogP contribution in [0.3, 0.4) is 0 Å². The van der Waals surface area contributed by atoms with E-state index in [0.717, 1.165) is 12.8 Å². The SMILES string of the molecule is COCCn1c(C)cc2c(c1=O)C1(C(=O)N(CC3CCCO3)c3ccccc31)C(C#N)=C(N)O2. The van der Waals surface area contributed by atoms with E-state index >= 15 is 0 Å². The molecule has 1 aromatic carbocycles. The topological polar surface area (TPSA) is 120 Å². The molecule has 1 fully saturated rings. The minimum atomic E-state index is -1.69. The Labute approximate surface area is 196 Å². The lowest BCUT2D eigenvalue weighted by Crippen LogP contribution is -2.51. The zero-order valence-corrected chi connectivity index (χ0v) is 19.2. The number of para-hydroxylation sites is 1. The Hall–Kier alpha value is -3.61. The van der Waals surface area contributed by atoms with Gasteiger partial charge in [0.2, 0.25) is 11.8 Å². The fourth-order valence-corrected chi connectivity index (χ4v) is 5.35. The number of fused-ring (bicyclic) bond motifs is 4. The highest BCUT2D eigenvalue weighted by atomic mass is 16.5. The van der Waals surface area contributed by atoms with E-state index in [4.69, 9.17) is 19.9 Å². The first-order chi connectivity index (χ1) is 16.4. The van der Waals surface area contributed by atoms with Crippen LogP contribution in [-0.4, -0.2) is 43.4 Å².